The highest BCUT2D eigenvalue weighted by Crippen LogP contribution is 2.29. The van der Waals surface area contributed by atoms with Crippen LogP contribution in [0.4, 0.5) is 4.79 Å². The van der Waals surface area contributed by atoms with Crippen molar-refractivity contribution in [2.75, 3.05) is 0 Å². The third-order valence-electron chi connectivity index (χ3n) is 4.79. The highest BCUT2D eigenvalue weighted by atomic mass is 16.6. The van der Waals surface area contributed by atoms with E-state index in [1.54, 1.807) is 26.8 Å². The van der Waals surface area contributed by atoms with Gasteiger partial charge in [-0.25, -0.2) is 9.69 Å². The number of hydrogen-bond acceptors (Lipinski definition) is 3. The number of ether oxygens (including phenoxy) is 1. The predicted octanol–water partition coefficient (Wildman–Crippen LogP) is 5.38. The maximum Gasteiger partial charge on any atom is 0.417 e. The Morgan fingerprint density at radius 1 is 1.07 bits per heavy atom. The summed E-state index contributed by atoms with van der Waals surface area (Å²) in [5.41, 5.74) is 3.42. The van der Waals surface area contributed by atoms with E-state index in [9.17, 15) is 9.59 Å². The molecule has 1 aliphatic rings. The third-order valence-corrected chi connectivity index (χ3v) is 4.79. The van der Waals surface area contributed by atoms with Gasteiger partial charge in [0.25, 0.3) is 5.91 Å². The van der Waals surface area contributed by atoms with Gasteiger partial charge in [-0.3, -0.25) is 4.79 Å². The van der Waals surface area contributed by atoms with Gasteiger partial charge in [-0.2, -0.15) is 0 Å². The van der Waals surface area contributed by atoms with Crippen LogP contribution >= 0.6 is 0 Å². The SMILES string of the molecule is CC=C1C[C@@H](Cc2ccc(-c3ccccc3)cc2)N(C(=O)OC(C)(C)C)C1=O. The summed E-state index contributed by atoms with van der Waals surface area (Å²) in [6.07, 6.45) is 2.38. The van der Waals surface area contributed by atoms with E-state index in [0.29, 0.717) is 18.4 Å². The largest absolute Gasteiger partial charge is 0.443 e. The number of amides is 2. The van der Waals surface area contributed by atoms with Crippen LogP contribution in [0.1, 0.15) is 39.7 Å². The summed E-state index contributed by atoms with van der Waals surface area (Å²) in [6, 6.07) is 18.2. The van der Waals surface area contributed by atoms with E-state index in [4.69, 9.17) is 4.74 Å². The molecule has 0 radical (unpaired) electrons. The number of carbonyl (C=O) groups excluding carboxylic acids is 2. The molecule has 2 aromatic rings. The van der Waals surface area contributed by atoms with Crippen molar-refractivity contribution in [3.8, 4) is 11.1 Å². The molecule has 2 amide bonds. The van der Waals surface area contributed by atoms with Crippen LogP contribution in [0.3, 0.4) is 0 Å². The van der Waals surface area contributed by atoms with Gasteiger partial charge in [0, 0.05) is 5.57 Å². The first-order chi connectivity index (χ1) is 13.3. The molecule has 0 aliphatic carbocycles. The highest BCUT2D eigenvalue weighted by Gasteiger charge is 2.41. The van der Waals surface area contributed by atoms with E-state index in [0.717, 1.165) is 16.7 Å². The number of nitrogens with zero attached hydrogens (tertiary/aromatic N) is 1. The molecule has 1 saturated heterocycles. The molecule has 2 aromatic carbocycles. The second kappa shape index (κ2) is 8.01. The highest BCUT2D eigenvalue weighted by molar-refractivity contribution is 6.05. The van der Waals surface area contributed by atoms with Gasteiger partial charge in [-0.1, -0.05) is 60.7 Å². The second-order valence-electron chi connectivity index (χ2n) is 8.09. The molecule has 3 rings (SSSR count). The van der Waals surface area contributed by atoms with Gasteiger partial charge in [0.1, 0.15) is 5.60 Å². The molecule has 1 fully saturated rings. The van der Waals surface area contributed by atoms with Crippen LogP contribution in [-0.4, -0.2) is 28.5 Å². The van der Waals surface area contributed by atoms with Crippen LogP contribution in [0.15, 0.2) is 66.2 Å². The molecule has 0 spiro atoms. The van der Waals surface area contributed by atoms with Gasteiger partial charge < -0.3 is 4.74 Å². The Bertz CT molecular complexity index is 876. The van der Waals surface area contributed by atoms with E-state index in [1.807, 2.05) is 25.1 Å². The number of hydrogen-bond donors (Lipinski definition) is 0. The summed E-state index contributed by atoms with van der Waals surface area (Å²) in [5.74, 6) is -0.248. The Labute approximate surface area is 166 Å². The standard InChI is InChI=1S/C24H27NO3/c1-5-18-16-21(25(22(18)26)23(27)28-24(2,3)4)15-17-11-13-20(14-12-17)19-9-7-6-8-10-19/h5-14,21H,15-16H2,1-4H3/t21-/m1/s1. The van der Waals surface area contributed by atoms with E-state index in [1.165, 1.54) is 4.90 Å². The fourth-order valence-corrected chi connectivity index (χ4v) is 3.44. The van der Waals surface area contributed by atoms with Crippen LogP contribution in [0.5, 0.6) is 0 Å². The van der Waals surface area contributed by atoms with Crippen molar-refractivity contribution >= 4 is 12.0 Å². The molecule has 0 saturated carbocycles. The predicted molar refractivity (Wildman–Crippen MR) is 111 cm³/mol. The summed E-state index contributed by atoms with van der Waals surface area (Å²) in [5, 5.41) is 0. The summed E-state index contributed by atoms with van der Waals surface area (Å²) in [4.78, 5) is 26.6. The Balaban J connectivity index is 1.79. The molecular weight excluding hydrogens is 350 g/mol. The molecule has 0 N–H and O–H groups in total. The monoisotopic (exact) mass is 377 g/mol. The topological polar surface area (TPSA) is 46.6 Å². The van der Waals surface area contributed by atoms with Crippen molar-refractivity contribution in [2.45, 2.75) is 52.2 Å². The van der Waals surface area contributed by atoms with Gasteiger partial charge in [-0.15, -0.1) is 0 Å². The Morgan fingerprint density at radius 3 is 2.25 bits per heavy atom. The summed E-state index contributed by atoms with van der Waals surface area (Å²) in [6.45, 7) is 7.25. The molecule has 0 aromatic heterocycles. The van der Waals surface area contributed by atoms with E-state index < -0.39 is 11.7 Å². The summed E-state index contributed by atoms with van der Waals surface area (Å²) in [7, 11) is 0. The zero-order chi connectivity index (χ0) is 20.3. The molecule has 0 bridgehead atoms. The van der Waals surface area contributed by atoms with Crippen molar-refractivity contribution in [1.82, 2.24) is 4.90 Å². The van der Waals surface area contributed by atoms with E-state index in [2.05, 4.69) is 36.4 Å². The molecule has 28 heavy (non-hydrogen) atoms. The number of imide groups is 1. The minimum Gasteiger partial charge on any atom is -0.443 e. The molecule has 1 aliphatic heterocycles. The van der Waals surface area contributed by atoms with Crippen molar-refractivity contribution < 1.29 is 14.3 Å². The summed E-state index contributed by atoms with van der Waals surface area (Å²) < 4.78 is 5.47. The first kappa shape index (κ1) is 19.9. The first-order valence-electron chi connectivity index (χ1n) is 9.64. The smallest absolute Gasteiger partial charge is 0.417 e. The Kier molecular flexibility index (Phi) is 5.68. The van der Waals surface area contributed by atoms with Gasteiger partial charge in [0.05, 0.1) is 6.04 Å². The Morgan fingerprint density at radius 2 is 1.68 bits per heavy atom. The van der Waals surface area contributed by atoms with Crippen LogP contribution in [0, 0.1) is 0 Å². The normalized spacial score (nSPS) is 18.6. The number of allylic oxidation sites excluding steroid dienone is 1. The lowest BCUT2D eigenvalue weighted by Gasteiger charge is -2.27. The maximum absolute atomic E-state index is 12.7. The molecule has 4 nitrogen and oxygen atoms in total. The minimum absolute atomic E-state index is 0.226. The lowest BCUT2D eigenvalue weighted by molar-refractivity contribution is -0.125. The third kappa shape index (κ3) is 4.50. The maximum atomic E-state index is 12.7. The van der Waals surface area contributed by atoms with Gasteiger partial charge in [0.2, 0.25) is 0 Å². The van der Waals surface area contributed by atoms with Crippen molar-refractivity contribution in [3.63, 3.8) is 0 Å². The van der Waals surface area contributed by atoms with Crippen LogP contribution < -0.4 is 0 Å². The number of carbonyl (C=O) groups is 2. The quantitative estimate of drug-likeness (QED) is 0.675. The second-order valence-corrected chi connectivity index (χ2v) is 8.09. The number of benzene rings is 2. The zero-order valence-electron chi connectivity index (χ0n) is 16.9. The van der Waals surface area contributed by atoms with Gasteiger partial charge in [0.15, 0.2) is 0 Å². The van der Waals surface area contributed by atoms with Crippen LogP contribution in [0.2, 0.25) is 0 Å². The Hall–Kier alpha value is -2.88. The molecule has 1 heterocycles. The van der Waals surface area contributed by atoms with Crippen LogP contribution in [0.25, 0.3) is 11.1 Å². The average Bonchev–Trinajstić information content (AvgIpc) is 2.97. The number of rotatable bonds is 3. The molecule has 1 atom stereocenters. The molecular formula is C24H27NO3. The molecule has 4 heteroatoms. The molecule has 146 valence electrons. The fraction of sp³-hybridized carbons (Fsp3) is 0.333. The van der Waals surface area contributed by atoms with E-state index >= 15 is 0 Å². The van der Waals surface area contributed by atoms with Gasteiger partial charge >= 0.3 is 6.09 Å². The lowest BCUT2D eigenvalue weighted by atomic mass is 9.99. The lowest BCUT2D eigenvalue weighted by Crippen LogP contribution is -2.43. The number of likely N-dealkylation sites (tertiary alicyclic amines) is 1. The zero-order valence-corrected chi connectivity index (χ0v) is 16.9. The fourth-order valence-electron chi connectivity index (χ4n) is 3.44. The van der Waals surface area contributed by atoms with Crippen molar-refractivity contribution in [2.24, 2.45) is 0 Å². The van der Waals surface area contributed by atoms with Crippen LogP contribution in [-0.2, 0) is 16.0 Å². The van der Waals surface area contributed by atoms with Crippen molar-refractivity contribution in [1.29, 1.82) is 0 Å². The minimum atomic E-state index is -0.641. The van der Waals surface area contributed by atoms with E-state index in [-0.39, 0.29) is 11.9 Å². The first-order valence-corrected chi connectivity index (χ1v) is 9.64. The van der Waals surface area contributed by atoms with Gasteiger partial charge in [-0.05, 0) is 57.2 Å². The molecule has 0 unspecified atom stereocenters. The van der Waals surface area contributed by atoms with Crippen molar-refractivity contribution in [3.05, 3.63) is 71.8 Å². The average molecular weight is 377 g/mol. The summed E-state index contributed by atoms with van der Waals surface area (Å²) >= 11 is 0.